The van der Waals surface area contributed by atoms with Crippen molar-refractivity contribution < 1.29 is 8.83 Å². The summed E-state index contributed by atoms with van der Waals surface area (Å²) < 4.78 is 10.5. The van der Waals surface area contributed by atoms with Crippen LogP contribution in [0.2, 0.25) is 0 Å². The lowest BCUT2D eigenvalue weighted by atomic mass is 10.2. The van der Waals surface area contributed by atoms with E-state index in [2.05, 4.69) is 27.4 Å². The van der Waals surface area contributed by atoms with Crippen molar-refractivity contribution in [2.75, 3.05) is 5.32 Å². The maximum atomic E-state index is 11.9. The number of nitrogens with one attached hydrogen (secondary N) is 1. The molecule has 7 heteroatoms. The van der Waals surface area contributed by atoms with Crippen molar-refractivity contribution in [3.63, 3.8) is 0 Å². The van der Waals surface area contributed by atoms with Crippen LogP contribution < -0.4 is 10.9 Å². The highest BCUT2D eigenvalue weighted by atomic mass is 16.4. The molecule has 22 heavy (non-hydrogen) atoms. The summed E-state index contributed by atoms with van der Waals surface area (Å²) in [7, 11) is 0. The van der Waals surface area contributed by atoms with E-state index in [1.807, 2.05) is 0 Å². The zero-order chi connectivity index (χ0) is 15.4. The smallest absolute Gasteiger partial charge is 0.348 e. The van der Waals surface area contributed by atoms with E-state index in [9.17, 15) is 4.79 Å². The minimum Gasteiger partial charge on any atom is -0.408 e. The Morgan fingerprint density at radius 3 is 2.82 bits per heavy atom. The molecule has 0 aliphatic carbocycles. The first kappa shape index (κ1) is 14.2. The van der Waals surface area contributed by atoms with Crippen molar-refractivity contribution in [3.05, 3.63) is 40.6 Å². The molecule has 0 saturated carbocycles. The van der Waals surface area contributed by atoms with E-state index >= 15 is 0 Å². The molecule has 7 nitrogen and oxygen atoms in total. The highest BCUT2D eigenvalue weighted by Crippen LogP contribution is 2.16. The first-order chi connectivity index (χ1) is 10.8. The molecule has 0 fully saturated rings. The van der Waals surface area contributed by atoms with Gasteiger partial charge in [-0.2, -0.15) is 4.98 Å². The molecule has 0 saturated heterocycles. The average molecular weight is 300 g/mol. The molecule has 114 valence electrons. The van der Waals surface area contributed by atoms with Crippen molar-refractivity contribution in [2.45, 2.75) is 32.6 Å². The number of unbranched alkanes of at least 4 members (excludes halogenated alkanes) is 2. The molecule has 0 spiro atoms. The fourth-order valence-electron chi connectivity index (χ4n) is 2.10. The molecule has 1 aromatic carbocycles. The average Bonchev–Trinajstić information content (AvgIpc) is 2.95. The monoisotopic (exact) mass is 300 g/mol. The van der Waals surface area contributed by atoms with Gasteiger partial charge >= 0.3 is 17.7 Å². The van der Waals surface area contributed by atoms with Gasteiger partial charge in [0, 0.05) is 6.42 Å². The molecule has 0 amide bonds. The van der Waals surface area contributed by atoms with Crippen molar-refractivity contribution in [1.82, 2.24) is 15.2 Å². The zero-order valence-electron chi connectivity index (χ0n) is 12.2. The maximum Gasteiger partial charge on any atom is 0.348 e. The summed E-state index contributed by atoms with van der Waals surface area (Å²) in [6.45, 7) is 2.13. The minimum atomic E-state index is -0.462. The quantitative estimate of drug-likeness (QED) is 0.699. The third-order valence-corrected chi connectivity index (χ3v) is 3.21. The lowest BCUT2D eigenvalue weighted by molar-refractivity contribution is 0.482. The molecular weight excluding hydrogens is 284 g/mol. The van der Waals surface area contributed by atoms with Crippen molar-refractivity contribution in [3.8, 4) is 0 Å². The largest absolute Gasteiger partial charge is 0.408 e. The van der Waals surface area contributed by atoms with Gasteiger partial charge in [-0.1, -0.05) is 37.0 Å². The van der Waals surface area contributed by atoms with Gasteiger partial charge in [0.15, 0.2) is 0 Å². The van der Waals surface area contributed by atoms with Gasteiger partial charge in [-0.3, -0.25) is 5.32 Å². The summed E-state index contributed by atoms with van der Waals surface area (Å²) in [6, 6.07) is 7.16. The van der Waals surface area contributed by atoms with Crippen LogP contribution in [-0.2, 0) is 6.42 Å². The van der Waals surface area contributed by atoms with E-state index in [4.69, 9.17) is 8.83 Å². The first-order valence-corrected chi connectivity index (χ1v) is 7.25. The number of fused-ring (bicyclic) bond motifs is 1. The van der Waals surface area contributed by atoms with Crippen LogP contribution in [0.5, 0.6) is 0 Å². The summed E-state index contributed by atoms with van der Waals surface area (Å²) in [5.41, 5.74) is 0.0831. The second kappa shape index (κ2) is 6.38. The highest BCUT2D eigenvalue weighted by molar-refractivity contribution is 5.77. The first-order valence-electron chi connectivity index (χ1n) is 7.25. The molecule has 3 rings (SSSR count). The summed E-state index contributed by atoms with van der Waals surface area (Å²) in [5.74, 6) is 0.555. The fraction of sp³-hybridized carbons (Fsp3) is 0.333. The number of aromatic nitrogens is 3. The van der Waals surface area contributed by atoms with E-state index < -0.39 is 5.63 Å². The molecule has 3 aromatic rings. The van der Waals surface area contributed by atoms with Gasteiger partial charge in [0.25, 0.3) is 0 Å². The SMILES string of the molecule is CCCCCc1nnc(Nc2nc3ccccc3c(=O)o2)o1. The fourth-order valence-corrected chi connectivity index (χ4v) is 2.10. The van der Waals surface area contributed by atoms with E-state index in [0.717, 1.165) is 25.7 Å². The molecule has 0 radical (unpaired) electrons. The topological polar surface area (TPSA) is 94.1 Å². The van der Waals surface area contributed by atoms with Gasteiger partial charge in [-0.05, 0) is 18.6 Å². The summed E-state index contributed by atoms with van der Waals surface area (Å²) >= 11 is 0. The molecule has 0 unspecified atom stereocenters. The Bertz CT molecular complexity index is 825. The molecule has 2 heterocycles. The summed E-state index contributed by atoms with van der Waals surface area (Å²) in [4.78, 5) is 16.1. The Morgan fingerprint density at radius 2 is 1.95 bits per heavy atom. The van der Waals surface area contributed by atoms with E-state index in [0.29, 0.717) is 16.8 Å². The van der Waals surface area contributed by atoms with Crippen LogP contribution in [0, 0.1) is 0 Å². The Labute approximate surface area is 126 Å². The number of benzene rings is 1. The van der Waals surface area contributed by atoms with Gasteiger partial charge in [0.1, 0.15) is 0 Å². The third-order valence-electron chi connectivity index (χ3n) is 3.21. The van der Waals surface area contributed by atoms with Crippen LogP contribution >= 0.6 is 0 Å². The number of para-hydroxylation sites is 1. The van der Waals surface area contributed by atoms with Crippen molar-refractivity contribution in [1.29, 1.82) is 0 Å². The van der Waals surface area contributed by atoms with Gasteiger partial charge in [-0.25, -0.2) is 4.79 Å². The summed E-state index contributed by atoms with van der Waals surface area (Å²) in [5, 5.41) is 11.0. The number of rotatable bonds is 6. The van der Waals surface area contributed by atoms with Crippen LogP contribution in [0.1, 0.15) is 32.1 Å². The van der Waals surface area contributed by atoms with E-state index in [-0.39, 0.29) is 12.0 Å². The standard InChI is InChI=1S/C15H16N4O3/c1-2-3-4-9-12-18-19-15(21-12)17-14-16-11-8-6-5-7-10(11)13(20)22-14/h5-8H,2-4,9H2,1H3,(H,16,17,19). The third kappa shape index (κ3) is 3.13. The Kier molecular flexibility index (Phi) is 4.13. The molecule has 0 aliphatic rings. The second-order valence-electron chi connectivity index (χ2n) is 4.91. The predicted molar refractivity (Wildman–Crippen MR) is 81.1 cm³/mol. The number of hydrogen-bond acceptors (Lipinski definition) is 7. The molecule has 0 bridgehead atoms. The van der Waals surface area contributed by atoms with Gasteiger partial charge in [0.2, 0.25) is 5.89 Å². The van der Waals surface area contributed by atoms with E-state index in [1.54, 1.807) is 24.3 Å². The molecule has 1 N–H and O–H groups in total. The minimum absolute atomic E-state index is 0.0347. The van der Waals surface area contributed by atoms with Crippen LogP contribution in [0.4, 0.5) is 12.0 Å². The second-order valence-corrected chi connectivity index (χ2v) is 4.91. The Morgan fingerprint density at radius 1 is 1.09 bits per heavy atom. The zero-order valence-corrected chi connectivity index (χ0v) is 12.2. The Balaban J connectivity index is 1.77. The molecule has 0 atom stereocenters. The van der Waals surface area contributed by atoms with Gasteiger partial charge in [0.05, 0.1) is 10.9 Å². The summed E-state index contributed by atoms with van der Waals surface area (Å²) in [6.07, 6.45) is 3.98. The van der Waals surface area contributed by atoms with Crippen LogP contribution in [0.25, 0.3) is 10.9 Å². The van der Waals surface area contributed by atoms with Crippen molar-refractivity contribution in [2.24, 2.45) is 0 Å². The van der Waals surface area contributed by atoms with Crippen molar-refractivity contribution >= 4 is 22.9 Å². The van der Waals surface area contributed by atoms with Crippen LogP contribution in [0.3, 0.4) is 0 Å². The normalized spacial score (nSPS) is 11.0. The molecule has 0 aliphatic heterocycles. The molecule has 2 aromatic heterocycles. The highest BCUT2D eigenvalue weighted by Gasteiger charge is 2.10. The number of nitrogens with zero attached hydrogens (tertiary/aromatic N) is 3. The maximum absolute atomic E-state index is 11.9. The van der Waals surface area contributed by atoms with E-state index in [1.165, 1.54) is 0 Å². The predicted octanol–water partition coefficient (Wildman–Crippen LogP) is 3.05. The van der Waals surface area contributed by atoms with Gasteiger partial charge < -0.3 is 8.83 Å². The Hall–Kier alpha value is -2.70. The molecular formula is C15H16N4O3. The number of anilines is 2. The lowest BCUT2D eigenvalue weighted by Gasteiger charge is -2.00. The number of hydrogen-bond donors (Lipinski definition) is 1. The van der Waals surface area contributed by atoms with Crippen LogP contribution in [0.15, 0.2) is 37.9 Å². The van der Waals surface area contributed by atoms with Crippen LogP contribution in [-0.4, -0.2) is 15.2 Å². The van der Waals surface area contributed by atoms with Gasteiger partial charge in [-0.15, -0.1) is 5.10 Å². The lowest BCUT2D eigenvalue weighted by Crippen LogP contribution is -2.05. The number of aryl methyl sites for hydroxylation is 1.